The van der Waals surface area contributed by atoms with Crippen LogP contribution in [0.1, 0.15) is 32.3 Å². The molecular formula is C16H23BrN2O2. The highest BCUT2D eigenvalue weighted by Crippen LogP contribution is 2.20. The van der Waals surface area contributed by atoms with Gasteiger partial charge in [0.2, 0.25) is 11.8 Å². The van der Waals surface area contributed by atoms with Gasteiger partial charge in [-0.25, -0.2) is 0 Å². The number of anilines is 1. The van der Waals surface area contributed by atoms with E-state index >= 15 is 0 Å². The van der Waals surface area contributed by atoms with E-state index in [0.717, 1.165) is 28.6 Å². The Labute approximate surface area is 135 Å². The molecule has 0 atom stereocenters. The number of benzene rings is 1. The predicted octanol–water partition coefficient (Wildman–Crippen LogP) is 3.59. The highest BCUT2D eigenvalue weighted by Gasteiger charge is 2.20. The molecule has 0 aliphatic heterocycles. The number of hydrogen-bond donors (Lipinski definition) is 1. The average molecular weight is 355 g/mol. The minimum atomic E-state index is -0.178. The average Bonchev–Trinajstić information content (AvgIpc) is 2.43. The summed E-state index contributed by atoms with van der Waals surface area (Å²) in [6, 6.07) is 5.66. The Bertz CT molecular complexity index is 513. The van der Waals surface area contributed by atoms with Gasteiger partial charge in [-0.3, -0.25) is 9.59 Å². The molecule has 1 rings (SSSR count). The van der Waals surface area contributed by atoms with E-state index in [2.05, 4.69) is 21.2 Å². The fraction of sp³-hybridized carbons (Fsp3) is 0.500. The van der Waals surface area contributed by atoms with Crippen molar-refractivity contribution in [3.8, 4) is 0 Å². The SMILES string of the molecule is CCC(CC)C(=O)N(C)CC(=O)Nc1ccc(Br)cc1C. The number of nitrogens with one attached hydrogen (secondary N) is 1. The molecule has 0 saturated heterocycles. The summed E-state index contributed by atoms with van der Waals surface area (Å²) < 4.78 is 0.971. The summed E-state index contributed by atoms with van der Waals surface area (Å²) in [6.07, 6.45) is 1.60. The molecule has 0 aliphatic carbocycles. The van der Waals surface area contributed by atoms with Gasteiger partial charge in [0.05, 0.1) is 6.54 Å². The molecule has 1 aromatic rings. The molecule has 0 bridgehead atoms. The summed E-state index contributed by atoms with van der Waals surface area (Å²) in [6.45, 7) is 5.99. The first-order valence-electron chi connectivity index (χ1n) is 7.20. The summed E-state index contributed by atoms with van der Waals surface area (Å²) in [7, 11) is 1.68. The van der Waals surface area contributed by atoms with Crippen LogP contribution in [0.2, 0.25) is 0 Å². The van der Waals surface area contributed by atoms with E-state index in [1.54, 1.807) is 7.05 Å². The molecular weight excluding hydrogens is 332 g/mol. The lowest BCUT2D eigenvalue weighted by Gasteiger charge is -2.22. The Morgan fingerprint density at radius 1 is 1.29 bits per heavy atom. The normalized spacial score (nSPS) is 10.6. The van der Waals surface area contributed by atoms with Gasteiger partial charge in [0.25, 0.3) is 0 Å². The van der Waals surface area contributed by atoms with Crippen LogP contribution >= 0.6 is 15.9 Å². The molecule has 0 unspecified atom stereocenters. The van der Waals surface area contributed by atoms with E-state index in [9.17, 15) is 9.59 Å². The largest absolute Gasteiger partial charge is 0.336 e. The van der Waals surface area contributed by atoms with Gasteiger partial charge in [-0.1, -0.05) is 29.8 Å². The number of rotatable bonds is 6. The van der Waals surface area contributed by atoms with Crippen molar-refractivity contribution in [2.75, 3.05) is 18.9 Å². The van der Waals surface area contributed by atoms with Crippen LogP contribution < -0.4 is 5.32 Å². The van der Waals surface area contributed by atoms with Crippen molar-refractivity contribution in [3.05, 3.63) is 28.2 Å². The number of likely N-dealkylation sites (N-methyl/N-ethyl adjacent to an activating group) is 1. The van der Waals surface area contributed by atoms with Gasteiger partial charge in [0.1, 0.15) is 0 Å². The van der Waals surface area contributed by atoms with Crippen molar-refractivity contribution in [2.45, 2.75) is 33.6 Å². The third kappa shape index (κ3) is 5.16. The molecule has 1 N–H and O–H groups in total. The fourth-order valence-electron chi connectivity index (χ4n) is 2.20. The summed E-state index contributed by atoms with van der Waals surface area (Å²) in [4.78, 5) is 25.7. The molecule has 0 saturated carbocycles. The Morgan fingerprint density at radius 2 is 1.90 bits per heavy atom. The highest BCUT2D eigenvalue weighted by atomic mass is 79.9. The maximum absolute atomic E-state index is 12.1. The van der Waals surface area contributed by atoms with Crippen molar-refractivity contribution < 1.29 is 9.59 Å². The van der Waals surface area contributed by atoms with Gasteiger partial charge in [0.15, 0.2) is 0 Å². The van der Waals surface area contributed by atoms with Crippen molar-refractivity contribution in [2.24, 2.45) is 5.92 Å². The second kappa shape index (κ2) is 8.17. The first kappa shape index (κ1) is 17.7. The summed E-state index contributed by atoms with van der Waals surface area (Å²) >= 11 is 3.39. The quantitative estimate of drug-likeness (QED) is 0.848. The summed E-state index contributed by atoms with van der Waals surface area (Å²) in [5, 5.41) is 2.84. The molecule has 0 radical (unpaired) electrons. The van der Waals surface area contributed by atoms with Crippen molar-refractivity contribution in [1.29, 1.82) is 0 Å². The Morgan fingerprint density at radius 3 is 2.43 bits per heavy atom. The standard InChI is InChI=1S/C16H23BrN2O2/c1-5-12(6-2)16(21)19(4)10-15(20)18-14-8-7-13(17)9-11(14)3/h7-9,12H,5-6,10H2,1-4H3,(H,18,20). The second-order valence-corrected chi connectivity index (χ2v) is 6.13. The van der Waals surface area contributed by atoms with Crippen LogP contribution in [0.3, 0.4) is 0 Å². The van der Waals surface area contributed by atoms with Gasteiger partial charge >= 0.3 is 0 Å². The molecule has 0 fully saturated rings. The molecule has 116 valence electrons. The topological polar surface area (TPSA) is 49.4 Å². The molecule has 4 nitrogen and oxygen atoms in total. The maximum atomic E-state index is 12.1. The first-order chi connectivity index (χ1) is 9.88. The minimum absolute atomic E-state index is 0.00258. The molecule has 5 heteroatoms. The lowest BCUT2D eigenvalue weighted by Crippen LogP contribution is -2.38. The summed E-state index contributed by atoms with van der Waals surface area (Å²) in [5.74, 6) is -0.151. The van der Waals surface area contributed by atoms with E-state index in [1.807, 2.05) is 39.0 Å². The molecule has 1 aromatic carbocycles. The van der Waals surface area contributed by atoms with E-state index in [-0.39, 0.29) is 24.3 Å². The number of carbonyl (C=O) groups excluding carboxylic acids is 2. The van der Waals surface area contributed by atoms with Crippen molar-refractivity contribution in [1.82, 2.24) is 4.90 Å². The van der Waals surface area contributed by atoms with Gasteiger partial charge in [-0.2, -0.15) is 0 Å². The minimum Gasteiger partial charge on any atom is -0.336 e. The van der Waals surface area contributed by atoms with Crippen LogP contribution in [0.25, 0.3) is 0 Å². The molecule has 0 spiro atoms. The fourth-order valence-corrected chi connectivity index (χ4v) is 2.68. The lowest BCUT2D eigenvalue weighted by atomic mass is 10.0. The number of halogens is 1. The van der Waals surface area contributed by atoms with Crippen LogP contribution in [-0.4, -0.2) is 30.3 Å². The maximum Gasteiger partial charge on any atom is 0.243 e. The Balaban J connectivity index is 2.62. The number of hydrogen-bond acceptors (Lipinski definition) is 2. The molecule has 0 aromatic heterocycles. The smallest absolute Gasteiger partial charge is 0.243 e. The van der Waals surface area contributed by atoms with Crippen molar-refractivity contribution in [3.63, 3.8) is 0 Å². The number of amides is 2. The van der Waals surface area contributed by atoms with Crippen LogP contribution in [0.4, 0.5) is 5.69 Å². The van der Waals surface area contributed by atoms with Crippen LogP contribution in [0.5, 0.6) is 0 Å². The van der Waals surface area contributed by atoms with Crippen LogP contribution in [0.15, 0.2) is 22.7 Å². The van der Waals surface area contributed by atoms with Gasteiger partial charge in [-0.05, 0) is 43.5 Å². The number of nitrogens with zero attached hydrogens (tertiary/aromatic N) is 1. The van der Waals surface area contributed by atoms with E-state index in [1.165, 1.54) is 4.90 Å². The van der Waals surface area contributed by atoms with Crippen molar-refractivity contribution >= 4 is 33.4 Å². The highest BCUT2D eigenvalue weighted by molar-refractivity contribution is 9.10. The summed E-state index contributed by atoms with van der Waals surface area (Å²) in [5.41, 5.74) is 1.75. The monoisotopic (exact) mass is 354 g/mol. The Kier molecular flexibility index (Phi) is 6.89. The lowest BCUT2D eigenvalue weighted by molar-refractivity contribution is -0.137. The number of carbonyl (C=O) groups is 2. The van der Waals surface area contributed by atoms with Crippen LogP contribution in [0, 0.1) is 12.8 Å². The molecule has 0 heterocycles. The van der Waals surface area contributed by atoms with E-state index < -0.39 is 0 Å². The van der Waals surface area contributed by atoms with E-state index in [4.69, 9.17) is 0 Å². The Hall–Kier alpha value is -1.36. The first-order valence-corrected chi connectivity index (χ1v) is 7.99. The number of aryl methyl sites for hydroxylation is 1. The second-order valence-electron chi connectivity index (χ2n) is 5.22. The van der Waals surface area contributed by atoms with Gasteiger partial charge in [-0.15, -0.1) is 0 Å². The molecule has 21 heavy (non-hydrogen) atoms. The molecule has 2 amide bonds. The molecule has 0 aliphatic rings. The van der Waals surface area contributed by atoms with E-state index in [0.29, 0.717) is 0 Å². The zero-order valence-electron chi connectivity index (χ0n) is 13.1. The van der Waals surface area contributed by atoms with Crippen LogP contribution in [-0.2, 0) is 9.59 Å². The third-order valence-electron chi connectivity index (χ3n) is 3.55. The third-order valence-corrected chi connectivity index (χ3v) is 4.05. The van der Waals surface area contributed by atoms with Gasteiger partial charge in [0, 0.05) is 23.1 Å². The zero-order valence-corrected chi connectivity index (χ0v) is 14.7. The van der Waals surface area contributed by atoms with Gasteiger partial charge < -0.3 is 10.2 Å². The predicted molar refractivity (Wildman–Crippen MR) is 89.2 cm³/mol. The zero-order chi connectivity index (χ0) is 16.0.